The number of nitrogens with two attached hydrogens (primary N) is 1. The Balaban J connectivity index is 1.81. The predicted molar refractivity (Wildman–Crippen MR) is 95.8 cm³/mol. The van der Waals surface area contributed by atoms with Gasteiger partial charge in [0.05, 0.1) is 0 Å². The molecule has 1 saturated heterocycles. The molecule has 0 bridgehead atoms. The van der Waals surface area contributed by atoms with Gasteiger partial charge < -0.3 is 21.0 Å². The van der Waals surface area contributed by atoms with Crippen LogP contribution in [0.2, 0.25) is 0 Å². The number of hydrogen-bond acceptors (Lipinski definition) is 10. The van der Waals surface area contributed by atoms with E-state index < -0.39 is 35.3 Å². The summed E-state index contributed by atoms with van der Waals surface area (Å²) in [5.74, 6) is -3.24. The minimum Gasteiger partial charge on any atom is -0.477 e. The van der Waals surface area contributed by atoms with Crippen molar-refractivity contribution in [3.05, 3.63) is 22.3 Å². The number of aromatic nitrogens is 1. The highest BCUT2D eigenvalue weighted by atomic mass is 32.1. The Bertz CT molecular complexity index is 937. The summed E-state index contributed by atoms with van der Waals surface area (Å²) in [6.45, 7) is 1.20. The largest absolute Gasteiger partial charge is 0.477 e. The molecule has 28 heavy (non-hydrogen) atoms. The number of rotatable bonds is 6. The van der Waals surface area contributed by atoms with E-state index in [1.807, 2.05) is 0 Å². The lowest BCUT2D eigenvalue weighted by molar-refractivity contribution is -0.143. The minimum atomic E-state index is -1.40. The highest BCUT2D eigenvalue weighted by Gasteiger charge is 2.49. The summed E-state index contributed by atoms with van der Waals surface area (Å²) in [5.41, 5.74) is 5.20. The van der Waals surface area contributed by atoms with Crippen LogP contribution in [0.1, 0.15) is 12.6 Å². The molecule has 13 heteroatoms. The Morgan fingerprint density at radius 1 is 1.46 bits per heavy atom. The smallest absolute Gasteiger partial charge is 0.354 e. The van der Waals surface area contributed by atoms with E-state index in [9.17, 15) is 24.3 Å². The van der Waals surface area contributed by atoms with Crippen molar-refractivity contribution in [1.29, 1.82) is 0 Å². The number of fused-ring (bicyclic) bond motifs is 1. The third-order valence-electron chi connectivity index (χ3n) is 4.12. The Morgan fingerprint density at radius 2 is 2.18 bits per heavy atom. The summed E-state index contributed by atoms with van der Waals surface area (Å²) in [5, 5.41) is 19.6. The molecule has 2 amide bonds. The van der Waals surface area contributed by atoms with Crippen molar-refractivity contribution >= 4 is 45.7 Å². The van der Waals surface area contributed by atoms with Crippen LogP contribution < -0.4 is 11.1 Å². The number of carbonyl (C=O) groups is 4. The van der Waals surface area contributed by atoms with E-state index in [0.717, 1.165) is 16.3 Å². The molecule has 1 aromatic heterocycles. The van der Waals surface area contributed by atoms with Gasteiger partial charge in [-0.1, -0.05) is 5.16 Å². The van der Waals surface area contributed by atoms with Crippen molar-refractivity contribution in [2.75, 3.05) is 25.9 Å². The molecule has 0 aromatic carbocycles. The zero-order valence-electron chi connectivity index (χ0n) is 14.8. The molecule has 1 unspecified atom stereocenters. The second-order valence-electron chi connectivity index (χ2n) is 5.91. The second kappa shape index (κ2) is 7.36. The number of oxime groups is 1. The van der Waals surface area contributed by atoms with Gasteiger partial charge in [0, 0.05) is 24.0 Å². The molecule has 4 N–H and O–H groups in total. The molecule has 0 radical (unpaired) electrons. The van der Waals surface area contributed by atoms with E-state index in [1.165, 1.54) is 24.4 Å². The number of nitrogens with one attached hydrogen (secondary N) is 1. The van der Waals surface area contributed by atoms with Crippen molar-refractivity contribution in [2.24, 2.45) is 5.16 Å². The molecule has 2 aliphatic heterocycles. The van der Waals surface area contributed by atoms with Crippen molar-refractivity contribution < 1.29 is 29.1 Å². The fraction of sp³-hybridized carbons (Fsp3) is 0.333. The van der Waals surface area contributed by atoms with E-state index >= 15 is 0 Å². The first-order valence-corrected chi connectivity index (χ1v) is 8.82. The molecular formula is C15H16N6O6S. The quantitative estimate of drug-likeness (QED) is 0.377. The molecular weight excluding hydrogens is 392 g/mol. The highest BCUT2D eigenvalue weighted by molar-refractivity contribution is 7.13. The number of nitrogens with zero attached hydrogens (tertiary/aromatic N) is 4. The molecule has 3 rings (SSSR count). The first-order valence-electron chi connectivity index (χ1n) is 7.94. The second-order valence-corrected chi connectivity index (χ2v) is 6.79. The highest BCUT2D eigenvalue weighted by Crippen LogP contribution is 2.29. The number of carboxylic acid groups (broad SMARTS) is 1. The van der Waals surface area contributed by atoms with Gasteiger partial charge in [-0.2, -0.15) is 0 Å². The van der Waals surface area contributed by atoms with Crippen molar-refractivity contribution in [1.82, 2.24) is 20.3 Å². The monoisotopic (exact) mass is 408 g/mol. The Morgan fingerprint density at radius 3 is 2.71 bits per heavy atom. The fourth-order valence-electron chi connectivity index (χ4n) is 2.95. The minimum absolute atomic E-state index is 0.00238. The molecule has 0 saturated carbocycles. The zero-order chi connectivity index (χ0) is 20.6. The average molecular weight is 408 g/mol. The lowest BCUT2D eigenvalue weighted by Gasteiger charge is -2.19. The molecule has 0 spiro atoms. The van der Waals surface area contributed by atoms with Crippen molar-refractivity contribution in [3.8, 4) is 0 Å². The lowest BCUT2D eigenvalue weighted by Crippen LogP contribution is -2.46. The normalized spacial score (nSPS) is 19.8. The van der Waals surface area contributed by atoms with Crippen LogP contribution in [0.3, 0.4) is 0 Å². The summed E-state index contributed by atoms with van der Waals surface area (Å²) >= 11 is 1.10. The Labute approximate surface area is 162 Å². The Kier molecular flexibility index (Phi) is 5.11. The van der Waals surface area contributed by atoms with Crippen LogP contribution in [0.15, 0.2) is 21.8 Å². The lowest BCUT2D eigenvalue weighted by atomic mass is 10.1. The maximum Gasteiger partial charge on any atom is 0.354 e. The molecule has 1 fully saturated rings. The number of nitrogen functional groups attached to an aromatic ring is 1. The van der Waals surface area contributed by atoms with Gasteiger partial charge in [-0.05, 0) is 6.92 Å². The van der Waals surface area contributed by atoms with Gasteiger partial charge in [0.2, 0.25) is 0 Å². The summed E-state index contributed by atoms with van der Waals surface area (Å²) in [7, 11) is 1.25. The van der Waals surface area contributed by atoms with E-state index in [0.29, 0.717) is 0 Å². The van der Waals surface area contributed by atoms with Crippen LogP contribution in [-0.4, -0.2) is 75.6 Å². The molecule has 12 nitrogen and oxygen atoms in total. The van der Waals surface area contributed by atoms with Crippen LogP contribution in [0.5, 0.6) is 0 Å². The van der Waals surface area contributed by atoms with Gasteiger partial charge in [-0.3, -0.25) is 14.4 Å². The van der Waals surface area contributed by atoms with Gasteiger partial charge in [0.15, 0.2) is 22.3 Å². The number of carbonyl (C=O) groups excluding carboxylic acids is 3. The van der Waals surface area contributed by atoms with Crippen molar-refractivity contribution in [3.63, 3.8) is 0 Å². The third kappa shape index (κ3) is 3.32. The summed E-state index contributed by atoms with van der Waals surface area (Å²) in [6, 6.07) is -1.03. The van der Waals surface area contributed by atoms with E-state index in [4.69, 9.17) is 5.73 Å². The molecule has 1 atom stereocenters. The van der Waals surface area contributed by atoms with Gasteiger partial charge in [0.1, 0.15) is 18.8 Å². The first kappa shape index (κ1) is 19.4. The summed E-state index contributed by atoms with van der Waals surface area (Å²) in [6.07, 6.45) is 0. The maximum absolute atomic E-state index is 12.7. The van der Waals surface area contributed by atoms with E-state index in [1.54, 1.807) is 0 Å². The summed E-state index contributed by atoms with van der Waals surface area (Å²) in [4.78, 5) is 57.1. The van der Waals surface area contributed by atoms with Crippen LogP contribution in [0, 0.1) is 0 Å². The average Bonchev–Trinajstić information content (AvgIpc) is 3.28. The van der Waals surface area contributed by atoms with Crippen LogP contribution >= 0.6 is 11.3 Å². The van der Waals surface area contributed by atoms with Gasteiger partial charge in [0.25, 0.3) is 11.8 Å². The summed E-state index contributed by atoms with van der Waals surface area (Å²) < 4.78 is 0. The van der Waals surface area contributed by atoms with Gasteiger partial charge >= 0.3 is 5.97 Å². The first-order chi connectivity index (χ1) is 13.2. The molecule has 2 aliphatic rings. The van der Waals surface area contributed by atoms with Crippen LogP contribution in [0.25, 0.3) is 0 Å². The van der Waals surface area contributed by atoms with Crippen molar-refractivity contribution in [2.45, 2.75) is 13.0 Å². The predicted octanol–water partition coefficient (Wildman–Crippen LogP) is -1.44. The van der Waals surface area contributed by atoms with Crippen LogP contribution in [-0.2, 0) is 24.0 Å². The molecule has 0 aliphatic carbocycles. The molecule has 148 valence electrons. The van der Waals surface area contributed by atoms with Gasteiger partial charge in [-0.15, -0.1) is 11.3 Å². The molecule has 1 aromatic rings. The standard InChI is InChI=1S/C15H16N6O6S/c1-6(22)7-3-20-4-8(13(24)21(20)11(7)14(25)26)17-12(23)10(19-27-2)9-5-28-15(16)18-9/h5,8H,3-4H2,1-2H3,(H2,16,18)(H,17,23)(H,25,26). The number of aliphatic carboxylic acids is 1. The number of carboxylic acids is 1. The molecule has 3 heterocycles. The van der Waals surface area contributed by atoms with E-state index in [-0.39, 0.29) is 35.2 Å². The van der Waals surface area contributed by atoms with Gasteiger partial charge in [-0.25, -0.2) is 19.8 Å². The number of thiazole rings is 1. The third-order valence-corrected chi connectivity index (χ3v) is 4.79. The number of amides is 2. The number of hydrazine groups is 1. The fourth-order valence-corrected chi connectivity index (χ4v) is 3.50. The SMILES string of the molecule is CON=C(C(=O)NC1CN2CC(C(C)=O)=C(C(=O)O)N2C1=O)c1csc(N)n1. The Hall–Kier alpha value is -3.32. The number of hydrogen-bond donors (Lipinski definition) is 3. The topological polar surface area (TPSA) is 168 Å². The maximum atomic E-state index is 12.7. The number of anilines is 1. The zero-order valence-corrected chi connectivity index (χ0v) is 15.6. The van der Waals surface area contributed by atoms with E-state index in [2.05, 4.69) is 20.3 Å². The number of Topliss-reactive ketones (excluding diaryl/α,β-unsaturated/α-hetero) is 1. The number of ketones is 1. The van der Waals surface area contributed by atoms with Crippen LogP contribution in [0.4, 0.5) is 5.13 Å².